The largest absolute Gasteiger partial charge is 0.351 e. The molecule has 4 rings (SSSR count). The Labute approximate surface area is 155 Å². The number of hydrogen-bond acceptors (Lipinski definition) is 3. The van der Waals surface area contributed by atoms with E-state index < -0.39 is 0 Å². The summed E-state index contributed by atoms with van der Waals surface area (Å²) in [6, 6.07) is 15.9. The summed E-state index contributed by atoms with van der Waals surface area (Å²) in [5.74, 6) is -0.107. The van der Waals surface area contributed by atoms with Gasteiger partial charge in [0.25, 0.3) is 5.91 Å². The highest BCUT2D eigenvalue weighted by atomic mass is 32.1. The van der Waals surface area contributed by atoms with Gasteiger partial charge in [-0.05, 0) is 43.5 Å². The number of carbonyl (C=O) groups is 1. The topological polar surface area (TPSA) is 62.7 Å². The van der Waals surface area contributed by atoms with Crippen molar-refractivity contribution in [3.8, 4) is 0 Å². The van der Waals surface area contributed by atoms with Crippen LogP contribution in [0.3, 0.4) is 0 Å². The number of benzene rings is 1. The number of nitrogens with one attached hydrogen (secondary N) is 2. The summed E-state index contributed by atoms with van der Waals surface area (Å²) >= 11 is 1.68. The number of nitrogens with zero attached hydrogens (tertiary/aromatic N) is 2. The van der Waals surface area contributed by atoms with E-state index in [0.29, 0.717) is 12.2 Å². The number of H-pyrrole nitrogens is 1. The minimum Gasteiger partial charge on any atom is -0.351 e. The monoisotopic (exact) mass is 364 g/mol. The zero-order chi connectivity index (χ0) is 18.1. The quantitative estimate of drug-likeness (QED) is 0.561. The Balaban J connectivity index is 1.56. The Morgan fingerprint density at radius 3 is 2.77 bits per heavy atom. The van der Waals surface area contributed by atoms with Gasteiger partial charge in [0.15, 0.2) is 0 Å². The lowest BCUT2D eigenvalue weighted by Crippen LogP contribution is -2.32. The first-order valence-corrected chi connectivity index (χ1v) is 9.42. The molecule has 3 aromatic heterocycles. The van der Waals surface area contributed by atoms with Gasteiger partial charge in [0.2, 0.25) is 0 Å². The van der Waals surface area contributed by atoms with Crippen LogP contribution in [-0.4, -0.2) is 27.2 Å². The molecule has 0 saturated carbocycles. The van der Waals surface area contributed by atoms with E-state index in [1.165, 1.54) is 4.88 Å². The van der Waals surface area contributed by atoms with E-state index >= 15 is 0 Å². The molecule has 0 radical (unpaired) electrons. The number of rotatable bonds is 5. The second-order valence-corrected chi connectivity index (χ2v) is 7.36. The summed E-state index contributed by atoms with van der Waals surface area (Å²) in [7, 11) is 0. The van der Waals surface area contributed by atoms with Crippen LogP contribution in [0, 0.1) is 13.8 Å². The molecule has 26 heavy (non-hydrogen) atoms. The van der Waals surface area contributed by atoms with Crippen LogP contribution in [0.4, 0.5) is 0 Å². The Bertz CT molecular complexity index is 1010. The van der Waals surface area contributed by atoms with Crippen molar-refractivity contribution in [3.63, 3.8) is 0 Å². The Morgan fingerprint density at radius 2 is 2.08 bits per heavy atom. The summed E-state index contributed by atoms with van der Waals surface area (Å²) in [5.41, 5.74) is 3.60. The van der Waals surface area contributed by atoms with Crippen molar-refractivity contribution in [2.75, 3.05) is 6.54 Å². The molecule has 4 aromatic rings. The molecule has 1 amide bonds. The molecule has 0 aliphatic carbocycles. The van der Waals surface area contributed by atoms with E-state index in [1.807, 2.05) is 60.3 Å². The number of fused-ring (bicyclic) bond motifs is 1. The first kappa shape index (κ1) is 16.6. The maximum absolute atomic E-state index is 12.6. The van der Waals surface area contributed by atoms with Crippen molar-refractivity contribution in [2.24, 2.45) is 0 Å². The molecular formula is C20H20N4OS. The number of aromatic amines is 1. The molecule has 1 unspecified atom stereocenters. The average Bonchev–Trinajstić information content (AvgIpc) is 3.35. The molecule has 3 heterocycles. The number of thiophene rings is 1. The zero-order valence-electron chi connectivity index (χ0n) is 14.7. The lowest BCUT2D eigenvalue weighted by molar-refractivity contribution is 0.0945. The Hall–Kier alpha value is -2.86. The molecule has 0 aliphatic rings. The smallest absolute Gasteiger partial charge is 0.267 e. The van der Waals surface area contributed by atoms with Crippen LogP contribution in [-0.2, 0) is 0 Å². The van der Waals surface area contributed by atoms with E-state index in [-0.39, 0.29) is 11.9 Å². The molecule has 6 heteroatoms. The number of para-hydroxylation sites is 1. The number of hydrogen-bond donors (Lipinski definition) is 2. The lowest BCUT2D eigenvalue weighted by atomic mass is 10.2. The molecule has 0 aliphatic heterocycles. The standard InChI is InChI=1S/C20H20N4OS/c1-13-10-14(2)24(23-13)18(19-8-5-9-26-19)12-21-20(25)17-11-15-6-3-4-7-16(15)22-17/h3-11,18,22H,12H2,1-2H3,(H,21,25). The van der Waals surface area contributed by atoms with Crippen molar-refractivity contribution < 1.29 is 4.79 Å². The Morgan fingerprint density at radius 1 is 1.23 bits per heavy atom. The van der Waals surface area contributed by atoms with E-state index in [9.17, 15) is 4.79 Å². The van der Waals surface area contributed by atoms with E-state index in [0.717, 1.165) is 22.3 Å². The van der Waals surface area contributed by atoms with Gasteiger partial charge in [-0.3, -0.25) is 9.48 Å². The van der Waals surface area contributed by atoms with Gasteiger partial charge in [-0.15, -0.1) is 11.3 Å². The minimum absolute atomic E-state index is 0.0166. The second kappa shape index (κ2) is 6.80. The van der Waals surface area contributed by atoms with Gasteiger partial charge >= 0.3 is 0 Å². The van der Waals surface area contributed by atoms with Gasteiger partial charge < -0.3 is 10.3 Å². The average molecular weight is 364 g/mol. The van der Waals surface area contributed by atoms with Crippen molar-refractivity contribution in [1.29, 1.82) is 0 Å². The zero-order valence-corrected chi connectivity index (χ0v) is 15.5. The number of amides is 1. The first-order chi connectivity index (χ1) is 12.6. The fourth-order valence-electron chi connectivity index (χ4n) is 3.23. The maximum Gasteiger partial charge on any atom is 0.267 e. The maximum atomic E-state index is 12.6. The van der Waals surface area contributed by atoms with E-state index in [2.05, 4.69) is 27.5 Å². The van der Waals surface area contributed by atoms with Crippen LogP contribution >= 0.6 is 11.3 Å². The molecule has 2 N–H and O–H groups in total. The van der Waals surface area contributed by atoms with E-state index in [1.54, 1.807) is 11.3 Å². The fourth-order valence-corrected chi connectivity index (χ4v) is 4.04. The van der Waals surface area contributed by atoms with Gasteiger partial charge in [-0.2, -0.15) is 5.10 Å². The van der Waals surface area contributed by atoms with Gasteiger partial charge in [0.1, 0.15) is 11.7 Å². The highest BCUT2D eigenvalue weighted by molar-refractivity contribution is 7.10. The summed E-state index contributed by atoms with van der Waals surface area (Å²) in [6.07, 6.45) is 0. The third-order valence-corrected chi connectivity index (χ3v) is 5.42. The molecule has 132 valence electrons. The predicted molar refractivity (Wildman–Crippen MR) is 105 cm³/mol. The third kappa shape index (κ3) is 3.15. The van der Waals surface area contributed by atoms with Crippen molar-refractivity contribution in [2.45, 2.75) is 19.9 Å². The second-order valence-electron chi connectivity index (χ2n) is 6.38. The molecular weight excluding hydrogens is 344 g/mol. The molecule has 0 spiro atoms. The number of aromatic nitrogens is 3. The number of carbonyl (C=O) groups excluding carboxylic acids is 1. The van der Waals surface area contributed by atoms with Crippen LogP contribution < -0.4 is 5.32 Å². The molecule has 0 fully saturated rings. The minimum atomic E-state index is -0.107. The summed E-state index contributed by atoms with van der Waals surface area (Å²) in [5, 5.41) is 10.8. The molecule has 0 bridgehead atoms. The SMILES string of the molecule is Cc1cc(C)n(C(CNC(=O)c2cc3ccccc3[nH]2)c2cccs2)n1. The highest BCUT2D eigenvalue weighted by Gasteiger charge is 2.20. The number of aryl methyl sites for hydroxylation is 2. The first-order valence-electron chi connectivity index (χ1n) is 8.54. The van der Waals surface area contributed by atoms with Gasteiger partial charge in [0, 0.05) is 28.0 Å². The lowest BCUT2D eigenvalue weighted by Gasteiger charge is -2.18. The Kier molecular flexibility index (Phi) is 4.34. The van der Waals surface area contributed by atoms with Gasteiger partial charge in [0.05, 0.1) is 5.69 Å². The summed E-state index contributed by atoms with van der Waals surface area (Å²) < 4.78 is 1.99. The fraction of sp³-hybridized carbons (Fsp3) is 0.200. The molecule has 0 saturated heterocycles. The van der Waals surface area contributed by atoms with Crippen LogP contribution in [0.15, 0.2) is 53.9 Å². The van der Waals surface area contributed by atoms with Gasteiger partial charge in [-0.25, -0.2) is 0 Å². The molecule has 1 atom stereocenters. The molecule has 5 nitrogen and oxygen atoms in total. The normalized spacial score (nSPS) is 12.4. The van der Waals surface area contributed by atoms with Crippen molar-refractivity contribution in [3.05, 3.63) is 75.9 Å². The van der Waals surface area contributed by atoms with Crippen LogP contribution in [0.1, 0.15) is 32.8 Å². The van der Waals surface area contributed by atoms with E-state index in [4.69, 9.17) is 0 Å². The third-order valence-electron chi connectivity index (χ3n) is 4.44. The molecule has 1 aromatic carbocycles. The van der Waals surface area contributed by atoms with Crippen molar-refractivity contribution >= 4 is 28.1 Å². The predicted octanol–water partition coefficient (Wildman–Crippen LogP) is 4.06. The van der Waals surface area contributed by atoms with Crippen LogP contribution in [0.25, 0.3) is 10.9 Å². The van der Waals surface area contributed by atoms with Crippen LogP contribution in [0.5, 0.6) is 0 Å². The van der Waals surface area contributed by atoms with Gasteiger partial charge in [-0.1, -0.05) is 24.3 Å². The highest BCUT2D eigenvalue weighted by Crippen LogP contribution is 2.24. The summed E-state index contributed by atoms with van der Waals surface area (Å²) in [6.45, 7) is 4.51. The summed E-state index contributed by atoms with van der Waals surface area (Å²) in [4.78, 5) is 17.0. The van der Waals surface area contributed by atoms with Crippen LogP contribution in [0.2, 0.25) is 0 Å². The van der Waals surface area contributed by atoms with Crippen molar-refractivity contribution in [1.82, 2.24) is 20.1 Å².